The van der Waals surface area contributed by atoms with Crippen molar-refractivity contribution in [1.29, 1.82) is 0 Å². The molecule has 0 spiro atoms. The van der Waals surface area contributed by atoms with Crippen molar-refractivity contribution in [2.75, 3.05) is 53.4 Å². The molecule has 1 saturated heterocycles. The third-order valence-electron chi connectivity index (χ3n) is 5.25. The summed E-state index contributed by atoms with van der Waals surface area (Å²) in [5, 5.41) is 2.99. The maximum atomic E-state index is 12.5. The lowest BCUT2D eigenvalue weighted by molar-refractivity contribution is 0.0521. The normalized spacial score (nSPS) is 17.3. The maximum Gasteiger partial charge on any atom is 0.251 e. The second-order valence-corrected chi connectivity index (χ2v) is 9.88. The van der Waals surface area contributed by atoms with E-state index < -0.39 is 10.0 Å². The van der Waals surface area contributed by atoms with Crippen LogP contribution in [0.25, 0.3) is 0 Å². The fourth-order valence-electron chi connectivity index (χ4n) is 3.17. The zero-order valence-electron chi connectivity index (χ0n) is 17.0. The van der Waals surface area contributed by atoms with E-state index in [4.69, 9.17) is 0 Å². The van der Waals surface area contributed by atoms with Crippen LogP contribution in [0.4, 0.5) is 0 Å². The second kappa shape index (κ2) is 8.68. The van der Waals surface area contributed by atoms with Crippen LogP contribution < -0.4 is 5.32 Å². The summed E-state index contributed by atoms with van der Waals surface area (Å²) in [6.07, 6.45) is 0. The summed E-state index contributed by atoms with van der Waals surface area (Å²) in [5.41, 5.74) is 0.322. The van der Waals surface area contributed by atoms with Crippen molar-refractivity contribution >= 4 is 15.9 Å². The smallest absolute Gasteiger partial charge is 0.251 e. The van der Waals surface area contributed by atoms with Crippen LogP contribution in [0.3, 0.4) is 0 Å². The molecule has 2 rings (SSSR count). The van der Waals surface area contributed by atoms with E-state index in [0.717, 1.165) is 37.0 Å². The molecule has 0 aliphatic carbocycles. The molecule has 1 amide bonds. The van der Waals surface area contributed by atoms with Gasteiger partial charge in [-0.1, -0.05) is 6.92 Å². The van der Waals surface area contributed by atoms with Crippen LogP contribution in [0.5, 0.6) is 0 Å². The second-order valence-electron chi connectivity index (χ2n) is 7.73. The van der Waals surface area contributed by atoms with Crippen molar-refractivity contribution < 1.29 is 13.2 Å². The molecule has 1 N–H and O–H groups in total. The van der Waals surface area contributed by atoms with Gasteiger partial charge in [0.15, 0.2) is 0 Å². The molecule has 0 aromatic heterocycles. The van der Waals surface area contributed by atoms with Gasteiger partial charge in [-0.15, -0.1) is 0 Å². The molecular weight excluding hydrogens is 364 g/mol. The number of likely N-dealkylation sites (N-methyl/N-ethyl adjacent to an activating group) is 1. The first-order chi connectivity index (χ1) is 12.6. The molecule has 1 fully saturated rings. The zero-order chi connectivity index (χ0) is 20.2. The first kappa shape index (κ1) is 21.8. The minimum absolute atomic E-state index is 0.135. The monoisotopic (exact) mass is 396 g/mol. The highest BCUT2D eigenvalue weighted by atomic mass is 32.2. The number of nitrogens with one attached hydrogen (secondary N) is 1. The van der Waals surface area contributed by atoms with Gasteiger partial charge in [0.1, 0.15) is 0 Å². The van der Waals surface area contributed by atoms with Crippen molar-refractivity contribution in [2.24, 2.45) is 0 Å². The van der Waals surface area contributed by atoms with E-state index in [-0.39, 0.29) is 16.3 Å². The summed E-state index contributed by atoms with van der Waals surface area (Å²) < 4.78 is 25.4. The van der Waals surface area contributed by atoms with Crippen LogP contribution in [-0.2, 0) is 10.0 Å². The molecule has 0 radical (unpaired) electrons. The van der Waals surface area contributed by atoms with Gasteiger partial charge in [0, 0.05) is 57.9 Å². The molecular formula is C19H32N4O3S. The maximum absolute atomic E-state index is 12.5. The molecule has 0 saturated carbocycles. The third kappa shape index (κ3) is 5.28. The van der Waals surface area contributed by atoms with Gasteiger partial charge in [0.25, 0.3) is 5.91 Å². The Balaban J connectivity index is 1.95. The summed E-state index contributed by atoms with van der Waals surface area (Å²) in [6.45, 7) is 12.2. The van der Waals surface area contributed by atoms with Crippen molar-refractivity contribution in [2.45, 2.75) is 31.2 Å². The molecule has 0 unspecified atom stereocenters. The standard InChI is InChI=1S/C19H32N4O3S/c1-6-22-11-13-23(14-12-22)19(2,3)15-20-18(24)16-7-9-17(10-8-16)27(25,26)21(4)5/h7-10H,6,11-15H2,1-5H3,(H,20,24). The lowest BCUT2D eigenvalue weighted by Gasteiger charge is -2.44. The predicted molar refractivity (Wildman–Crippen MR) is 107 cm³/mol. The number of rotatable bonds is 7. The highest BCUT2D eigenvalue weighted by molar-refractivity contribution is 7.89. The molecule has 152 valence electrons. The minimum atomic E-state index is -3.49. The van der Waals surface area contributed by atoms with E-state index in [9.17, 15) is 13.2 Å². The number of nitrogens with zero attached hydrogens (tertiary/aromatic N) is 3. The summed E-state index contributed by atoms with van der Waals surface area (Å²) in [7, 11) is -0.516. The number of benzene rings is 1. The molecule has 27 heavy (non-hydrogen) atoms. The Labute approximate surface area is 163 Å². The lowest BCUT2D eigenvalue weighted by Crippen LogP contribution is -2.58. The number of carbonyl (C=O) groups is 1. The average Bonchev–Trinajstić information content (AvgIpc) is 2.66. The summed E-state index contributed by atoms with van der Waals surface area (Å²) >= 11 is 0. The van der Waals surface area contributed by atoms with Crippen LogP contribution in [0, 0.1) is 0 Å². The Hall–Kier alpha value is -1.48. The summed E-state index contributed by atoms with van der Waals surface area (Å²) in [6, 6.07) is 6.05. The van der Waals surface area contributed by atoms with Crippen LogP contribution in [0.1, 0.15) is 31.1 Å². The molecule has 1 aromatic carbocycles. The number of amides is 1. The first-order valence-electron chi connectivity index (χ1n) is 9.36. The van der Waals surface area contributed by atoms with Crippen molar-refractivity contribution in [3.05, 3.63) is 29.8 Å². The fourth-order valence-corrected chi connectivity index (χ4v) is 4.07. The van der Waals surface area contributed by atoms with Crippen LogP contribution in [0.15, 0.2) is 29.2 Å². The molecule has 0 bridgehead atoms. The molecule has 8 heteroatoms. The Morgan fingerprint density at radius 2 is 1.67 bits per heavy atom. The quantitative estimate of drug-likeness (QED) is 0.747. The molecule has 7 nitrogen and oxygen atoms in total. The molecule has 1 aliphatic rings. The van der Waals surface area contributed by atoms with Gasteiger partial charge in [-0.25, -0.2) is 12.7 Å². The van der Waals surface area contributed by atoms with E-state index in [2.05, 4.69) is 35.9 Å². The van der Waals surface area contributed by atoms with E-state index in [1.807, 2.05) is 0 Å². The number of carbonyl (C=O) groups excluding carboxylic acids is 1. The largest absolute Gasteiger partial charge is 0.350 e. The first-order valence-corrected chi connectivity index (χ1v) is 10.8. The summed E-state index contributed by atoms with van der Waals surface area (Å²) in [5.74, 6) is -0.191. The minimum Gasteiger partial charge on any atom is -0.350 e. The van der Waals surface area contributed by atoms with Gasteiger partial charge in [-0.05, 0) is 44.7 Å². The topological polar surface area (TPSA) is 73.0 Å². The zero-order valence-corrected chi connectivity index (χ0v) is 17.8. The highest BCUT2D eigenvalue weighted by Crippen LogP contribution is 2.17. The van der Waals surface area contributed by atoms with Gasteiger partial charge < -0.3 is 10.2 Å². The molecule has 1 aliphatic heterocycles. The summed E-state index contributed by atoms with van der Waals surface area (Å²) in [4.78, 5) is 17.5. The van der Waals surface area contributed by atoms with Gasteiger partial charge in [-0.2, -0.15) is 0 Å². The predicted octanol–water partition coefficient (Wildman–Crippen LogP) is 1.08. The Kier molecular flexibility index (Phi) is 7.02. The lowest BCUT2D eigenvalue weighted by atomic mass is 10.0. The highest BCUT2D eigenvalue weighted by Gasteiger charge is 2.30. The van der Waals surface area contributed by atoms with Gasteiger partial charge in [-0.3, -0.25) is 9.69 Å². The fraction of sp³-hybridized carbons (Fsp3) is 0.632. The Morgan fingerprint density at radius 3 is 2.15 bits per heavy atom. The number of sulfonamides is 1. The van der Waals surface area contributed by atoms with Gasteiger partial charge in [0.05, 0.1) is 4.90 Å². The van der Waals surface area contributed by atoms with E-state index in [1.165, 1.54) is 26.2 Å². The number of hydrogen-bond acceptors (Lipinski definition) is 5. The Morgan fingerprint density at radius 1 is 1.11 bits per heavy atom. The van der Waals surface area contributed by atoms with Crippen molar-refractivity contribution in [1.82, 2.24) is 19.4 Å². The SMILES string of the molecule is CCN1CCN(C(C)(C)CNC(=O)c2ccc(S(=O)(=O)N(C)C)cc2)CC1. The average molecular weight is 397 g/mol. The van der Waals surface area contributed by atoms with Crippen LogP contribution in [0.2, 0.25) is 0 Å². The number of piperazine rings is 1. The Bertz CT molecular complexity index is 737. The van der Waals surface area contributed by atoms with Gasteiger partial charge >= 0.3 is 0 Å². The van der Waals surface area contributed by atoms with Crippen molar-refractivity contribution in [3.63, 3.8) is 0 Å². The van der Waals surface area contributed by atoms with Crippen molar-refractivity contribution in [3.8, 4) is 0 Å². The van der Waals surface area contributed by atoms with Crippen LogP contribution in [-0.4, -0.2) is 87.3 Å². The molecule has 0 atom stereocenters. The third-order valence-corrected chi connectivity index (χ3v) is 7.08. The molecule has 1 heterocycles. The van der Waals surface area contributed by atoms with E-state index in [1.54, 1.807) is 12.1 Å². The van der Waals surface area contributed by atoms with E-state index >= 15 is 0 Å². The number of hydrogen-bond donors (Lipinski definition) is 1. The van der Waals surface area contributed by atoms with Crippen LogP contribution >= 0.6 is 0 Å². The molecule has 1 aromatic rings. The van der Waals surface area contributed by atoms with E-state index in [0.29, 0.717) is 12.1 Å². The van der Waals surface area contributed by atoms with Gasteiger partial charge in [0.2, 0.25) is 10.0 Å².